The highest BCUT2D eigenvalue weighted by molar-refractivity contribution is 7.09. The molecular weight excluding hydrogens is 246 g/mol. The number of hydrogen-bond donors (Lipinski definition) is 2. The largest absolute Gasteiger partial charge is 0.352 e. The number of aromatic nitrogens is 1. The third kappa shape index (κ3) is 4.07. The summed E-state index contributed by atoms with van der Waals surface area (Å²) in [6.45, 7) is 7.51. The zero-order valence-electron chi connectivity index (χ0n) is 11.2. The van der Waals surface area contributed by atoms with Crippen LogP contribution in [0.4, 0.5) is 0 Å². The summed E-state index contributed by atoms with van der Waals surface area (Å²) in [7, 11) is 0. The van der Waals surface area contributed by atoms with Crippen LogP contribution in [0, 0.1) is 0 Å². The molecule has 1 aliphatic rings. The van der Waals surface area contributed by atoms with Crippen LogP contribution in [0.1, 0.15) is 44.3 Å². The molecule has 1 aromatic heterocycles. The van der Waals surface area contributed by atoms with E-state index in [1.54, 1.807) is 11.3 Å². The maximum atomic E-state index is 11.5. The van der Waals surface area contributed by atoms with Gasteiger partial charge in [-0.15, -0.1) is 11.3 Å². The molecule has 0 unspecified atom stereocenters. The molecule has 1 fully saturated rings. The number of thiazole rings is 1. The van der Waals surface area contributed by atoms with Crippen molar-refractivity contribution in [2.45, 2.75) is 51.6 Å². The normalized spacial score (nSPS) is 15.7. The summed E-state index contributed by atoms with van der Waals surface area (Å²) in [4.78, 5) is 16.0. The quantitative estimate of drug-likeness (QED) is 0.855. The van der Waals surface area contributed by atoms with E-state index >= 15 is 0 Å². The summed E-state index contributed by atoms with van der Waals surface area (Å²) in [5.41, 5.74) is 1.12. The second kappa shape index (κ2) is 5.36. The van der Waals surface area contributed by atoms with Gasteiger partial charge in [-0.1, -0.05) is 20.8 Å². The van der Waals surface area contributed by atoms with Crippen LogP contribution in [-0.4, -0.2) is 23.5 Å². The van der Waals surface area contributed by atoms with Gasteiger partial charge >= 0.3 is 0 Å². The van der Waals surface area contributed by atoms with E-state index in [9.17, 15) is 4.79 Å². The third-order valence-electron chi connectivity index (χ3n) is 2.73. The number of carbonyl (C=O) groups excluding carboxylic acids is 1. The van der Waals surface area contributed by atoms with Crippen molar-refractivity contribution in [1.29, 1.82) is 0 Å². The first-order valence-electron chi connectivity index (χ1n) is 6.40. The fourth-order valence-corrected chi connectivity index (χ4v) is 2.45. The Morgan fingerprint density at radius 1 is 1.50 bits per heavy atom. The molecule has 0 bridgehead atoms. The van der Waals surface area contributed by atoms with Crippen LogP contribution < -0.4 is 10.6 Å². The number of carbonyl (C=O) groups is 1. The Hall–Kier alpha value is -0.940. The fraction of sp³-hybridized carbons (Fsp3) is 0.692. The molecule has 0 aromatic carbocycles. The average Bonchev–Trinajstić information content (AvgIpc) is 2.93. The first-order valence-corrected chi connectivity index (χ1v) is 7.28. The molecule has 0 saturated heterocycles. The lowest BCUT2D eigenvalue weighted by atomic mass is 9.98. The van der Waals surface area contributed by atoms with E-state index in [4.69, 9.17) is 0 Å². The summed E-state index contributed by atoms with van der Waals surface area (Å²) in [6, 6.07) is 0.436. The van der Waals surface area contributed by atoms with Crippen molar-refractivity contribution in [1.82, 2.24) is 15.6 Å². The van der Waals surface area contributed by atoms with Gasteiger partial charge in [0.05, 0.1) is 17.2 Å². The lowest BCUT2D eigenvalue weighted by molar-refractivity contribution is -0.120. The fourth-order valence-electron chi connectivity index (χ4n) is 1.54. The summed E-state index contributed by atoms with van der Waals surface area (Å²) in [5.74, 6) is 0.0868. The molecule has 2 N–H and O–H groups in total. The van der Waals surface area contributed by atoms with Gasteiger partial charge in [0.1, 0.15) is 0 Å². The van der Waals surface area contributed by atoms with Crippen LogP contribution in [0.15, 0.2) is 5.38 Å². The molecule has 0 atom stereocenters. The Labute approximate surface area is 112 Å². The average molecular weight is 267 g/mol. The summed E-state index contributed by atoms with van der Waals surface area (Å²) < 4.78 is 0. The van der Waals surface area contributed by atoms with Crippen LogP contribution in [-0.2, 0) is 16.8 Å². The first kappa shape index (κ1) is 13.5. The van der Waals surface area contributed by atoms with Gasteiger partial charge in [0, 0.05) is 23.4 Å². The van der Waals surface area contributed by atoms with E-state index in [1.807, 2.05) is 0 Å². The monoisotopic (exact) mass is 267 g/mol. The lowest BCUT2D eigenvalue weighted by Gasteiger charge is -2.13. The smallest absolute Gasteiger partial charge is 0.234 e. The number of rotatable bonds is 5. The second-order valence-corrected chi connectivity index (χ2v) is 6.70. The molecule has 1 aliphatic carbocycles. The highest BCUT2D eigenvalue weighted by Crippen LogP contribution is 2.25. The van der Waals surface area contributed by atoms with E-state index in [0.29, 0.717) is 19.1 Å². The summed E-state index contributed by atoms with van der Waals surface area (Å²) in [6.07, 6.45) is 2.26. The molecule has 2 rings (SSSR count). The van der Waals surface area contributed by atoms with Crippen molar-refractivity contribution in [3.8, 4) is 0 Å². The van der Waals surface area contributed by atoms with Gasteiger partial charge < -0.3 is 10.6 Å². The number of nitrogens with zero attached hydrogens (tertiary/aromatic N) is 1. The highest BCUT2D eigenvalue weighted by atomic mass is 32.1. The van der Waals surface area contributed by atoms with E-state index in [2.05, 4.69) is 41.8 Å². The molecule has 18 heavy (non-hydrogen) atoms. The van der Waals surface area contributed by atoms with E-state index in [0.717, 1.165) is 23.5 Å². The van der Waals surface area contributed by atoms with Gasteiger partial charge in [-0.3, -0.25) is 4.79 Å². The maximum Gasteiger partial charge on any atom is 0.234 e. The van der Waals surface area contributed by atoms with Crippen LogP contribution in [0.5, 0.6) is 0 Å². The first-order chi connectivity index (χ1) is 8.45. The maximum absolute atomic E-state index is 11.5. The zero-order valence-corrected chi connectivity index (χ0v) is 12.1. The predicted molar refractivity (Wildman–Crippen MR) is 73.7 cm³/mol. The van der Waals surface area contributed by atoms with Crippen LogP contribution in [0.25, 0.3) is 0 Å². The van der Waals surface area contributed by atoms with Crippen LogP contribution in [0.3, 0.4) is 0 Å². The van der Waals surface area contributed by atoms with Crippen molar-refractivity contribution in [3.05, 3.63) is 16.1 Å². The minimum atomic E-state index is 0.0868. The molecule has 1 amide bonds. The van der Waals surface area contributed by atoms with Crippen molar-refractivity contribution in [3.63, 3.8) is 0 Å². The van der Waals surface area contributed by atoms with Crippen molar-refractivity contribution in [2.75, 3.05) is 6.54 Å². The molecule has 4 nitrogen and oxygen atoms in total. The van der Waals surface area contributed by atoms with Gasteiger partial charge in [-0.25, -0.2) is 4.98 Å². The molecule has 0 radical (unpaired) electrons. The summed E-state index contributed by atoms with van der Waals surface area (Å²) in [5, 5.41) is 9.28. The minimum absolute atomic E-state index is 0.0868. The van der Waals surface area contributed by atoms with Gasteiger partial charge in [0.25, 0.3) is 0 Å². The molecule has 5 heteroatoms. The van der Waals surface area contributed by atoms with E-state index in [1.165, 1.54) is 0 Å². The Morgan fingerprint density at radius 2 is 2.22 bits per heavy atom. The standard InChI is InChI=1S/C13H21N3OS/c1-13(2,3)12-16-10(8-18-12)6-14-7-11(17)15-9-4-5-9/h8-9,14H,4-7H2,1-3H3,(H,15,17). The van der Waals surface area contributed by atoms with Gasteiger partial charge in [0.15, 0.2) is 0 Å². The summed E-state index contributed by atoms with van der Waals surface area (Å²) >= 11 is 1.68. The third-order valence-corrected chi connectivity index (χ3v) is 4.04. The topological polar surface area (TPSA) is 54.0 Å². The van der Waals surface area contributed by atoms with Crippen LogP contribution in [0.2, 0.25) is 0 Å². The Bertz CT molecular complexity index is 418. The van der Waals surface area contributed by atoms with Gasteiger partial charge in [-0.2, -0.15) is 0 Å². The minimum Gasteiger partial charge on any atom is -0.352 e. The van der Waals surface area contributed by atoms with E-state index < -0.39 is 0 Å². The van der Waals surface area contributed by atoms with E-state index in [-0.39, 0.29) is 11.3 Å². The molecular formula is C13H21N3OS. The van der Waals surface area contributed by atoms with Crippen molar-refractivity contribution < 1.29 is 4.79 Å². The molecule has 1 saturated carbocycles. The number of hydrogen-bond acceptors (Lipinski definition) is 4. The van der Waals surface area contributed by atoms with Crippen LogP contribution >= 0.6 is 11.3 Å². The predicted octanol–water partition coefficient (Wildman–Crippen LogP) is 1.81. The Morgan fingerprint density at radius 3 is 2.78 bits per heavy atom. The number of nitrogens with one attached hydrogen (secondary N) is 2. The molecule has 0 aliphatic heterocycles. The molecule has 100 valence electrons. The molecule has 1 aromatic rings. The lowest BCUT2D eigenvalue weighted by Crippen LogP contribution is -2.34. The van der Waals surface area contributed by atoms with Crippen molar-refractivity contribution >= 4 is 17.2 Å². The molecule has 0 spiro atoms. The Kier molecular flexibility index (Phi) is 4.02. The molecule has 1 heterocycles. The number of amides is 1. The van der Waals surface area contributed by atoms with Crippen molar-refractivity contribution in [2.24, 2.45) is 0 Å². The second-order valence-electron chi connectivity index (χ2n) is 5.84. The SMILES string of the molecule is CC(C)(C)c1nc(CNCC(=O)NC2CC2)cs1. The zero-order chi connectivity index (χ0) is 13.2. The Balaban J connectivity index is 1.72. The van der Waals surface area contributed by atoms with Gasteiger partial charge in [0.2, 0.25) is 5.91 Å². The highest BCUT2D eigenvalue weighted by Gasteiger charge is 2.22. The van der Waals surface area contributed by atoms with Gasteiger partial charge in [-0.05, 0) is 12.8 Å².